The van der Waals surface area contributed by atoms with E-state index in [-0.39, 0.29) is 18.1 Å². The fourth-order valence-electron chi connectivity index (χ4n) is 1.46. The quantitative estimate of drug-likeness (QED) is 0.796. The van der Waals surface area contributed by atoms with Gasteiger partial charge in [0, 0.05) is 16.7 Å². The molecule has 2 rings (SSSR count). The molecular formula is C14H9ClF2O2. The molecule has 98 valence electrons. The summed E-state index contributed by atoms with van der Waals surface area (Å²) in [6, 6.07) is 9.49. The van der Waals surface area contributed by atoms with Crippen LogP contribution in [0.15, 0.2) is 42.5 Å². The largest absolute Gasteiger partial charge is 0.485 e. The summed E-state index contributed by atoms with van der Waals surface area (Å²) in [4.78, 5) is 11.8. The van der Waals surface area contributed by atoms with Crippen LogP contribution in [0.2, 0.25) is 5.02 Å². The van der Waals surface area contributed by atoms with Crippen molar-refractivity contribution >= 4 is 17.4 Å². The Morgan fingerprint density at radius 3 is 2.58 bits per heavy atom. The fourth-order valence-corrected chi connectivity index (χ4v) is 1.65. The molecule has 0 aliphatic rings. The molecule has 0 saturated heterocycles. The highest BCUT2D eigenvalue weighted by Gasteiger charge is 2.09. The highest BCUT2D eigenvalue weighted by molar-refractivity contribution is 6.31. The third-order valence-corrected chi connectivity index (χ3v) is 2.64. The molecule has 0 saturated carbocycles. The average molecular weight is 283 g/mol. The molecule has 0 amide bonds. The zero-order chi connectivity index (χ0) is 13.8. The number of carbonyl (C=O) groups is 1. The normalized spacial score (nSPS) is 10.3. The van der Waals surface area contributed by atoms with E-state index >= 15 is 0 Å². The highest BCUT2D eigenvalue weighted by atomic mass is 35.5. The van der Waals surface area contributed by atoms with Gasteiger partial charge in [-0.2, -0.15) is 0 Å². The van der Waals surface area contributed by atoms with Crippen molar-refractivity contribution in [1.82, 2.24) is 0 Å². The first-order chi connectivity index (χ1) is 9.06. The first kappa shape index (κ1) is 13.5. The molecule has 0 heterocycles. The molecule has 0 spiro atoms. The molecular weight excluding hydrogens is 274 g/mol. The number of Topliss-reactive ketones (excluding diaryl/α,β-unsaturated/α-hetero) is 1. The van der Waals surface area contributed by atoms with E-state index in [4.69, 9.17) is 16.3 Å². The topological polar surface area (TPSA) is 26.3 Å². The summed E-state index contributed by atoms with van der Waals surface area (Å²) >= 11 is 5.76. The van der Waals surface area contributed by atoms with Crippen LogP contribution in [0.25, 0.3) is 0 Å². The van der Waals surface area contributed by atoms with E-state index in [2.05, 4.69) is 0 Å². The second kappa shape index (κ2) is 5.80. The monoisotopic (exact) mass is 282 g/mol. The van der Waals surface area contributed by atoms with E-state index in [1.165, 1.54) is 12.1 Å². The number of carbonyl (C=O) groups excluding carboxylic acids is 1. The molecule has 5 heteroatoms. The van der Waals surface area contributed by atoms with Crippen LogP contribution in [0, 0.1) is 11.6 Å². The number of hydrogen-bond donors (Lipinski definition) is 0. The van der Waals surface area contributed by atoms with Crippen LogP contribution in [0.3, 0.4) is 0 Å². The first-order valence-corrected chi connectivity index (χ1v) is 5.80. The summed E-state index contributed by atoms with van der Waals surface area (Å²) in [6.07, 6.45) is 0. The van der Waals surface area contributed by atoms with Crippen LogP contribution >= 0.6 is 11.6 Å². The van der Waals surface area contributed by atoms with Gasteiger partial charge in [0.1, 0.15) is 5.75 Å². The Bertz CT molecular complexity index is 614. The van der Waals surface area contributed by atoms with Gasteiger partial charge in [-0.25, -0.2) is 8.78 Å². The number of rotatable bonds is 4. The van der Waals surface area contributed by atoms with Crippen LogP contribution in [0.1, 0.15) is 10.4 Å². The molecule has 2 aromatic carbocycles. The highest BCUT2D eigenvalue weighted by Crippen LogP contribution is 2.16. The molecule has 0 aromatic heterocycles. The molecule has 0 aliphatic carbocycles. The Labute approximate surface area is 113 Å². The third-order valence-electron chi connectivity index (χ3n) is 2.41. The van der Waals surface area contributed by atoms with E-state index < -0.39 is 11.6 Å². The van der Waals surface area contributed by atoms with Crippen LogP contribution in [0.5, 0.6) is 5.75 Å². The molecule has 0 aliphatic heterocycles. The number of hydrogen-bond acceptors (Lipinski definition) is 2. The predicted octanol–water partition coefficient (Wildman–Crippen LogP) is 3.88. The summed E-state index contributed by atoms with van der Waals surface area (Å²) in [5, 5.41) is 0.443. The summed E-state index contributed by atoms with van der Waals surface area (Å²) < 4.78 is 30.7. The van der Waals surface area contributed by atoms with Gasteiger partial charge in [0.2, 0.25) is 0 Å². The Kier molecular flexibility index (Phi) is 4.12. The van der Waals surface area contributed by atoms with Crippen LogP contribution in [-0.4, -0.2) is 12.4 Å². The number of benzene rings is 2. The SMILES string of the molecule is O=C(COc1ccc(F)c(F)c1)c1cccc(Cl)c1. The van der Waals surface area contributed by atoms with Gasteiger partial charge in [0.15, 0.2) is 24.0 Å². The van der Waals surface area contributed by atoms with Gasteiger partial charge in [-0.1, -0.05) is 23.7 Å². The minimum absolute atomic E-state index is 0.0919. The van der Waals surface area contributed by atoms with Gasteiger partial charge in [0.25, 0.3) is 0 Å². The van der Waals surface area contributed by atoms with Gasteiger partial charge < -0.3 is 4.74 Å². The van der Waals surface area contributed by atoms with Gasteiger partial charge in [-0.05, 0) is 24.3 Å². The lowest BCUT2D eigenvalue weighted by Crippen LogP contribution is -2.11. The fraction of sp³-hybridized carbons (Fsp3) is 0.0714. The zero-order valence-corrected chi connectivity index (χ0v) is 10.5. The van der Waals surface area contributed by atoms with Crippen molar-refractivity contribution in [2.45, 2.75) is 0 Å². The molecule has 0 fully saturated rings. The molecule has 19 heavy (non-hydrogen) atoms. The van der Waals surface area contributed by atoms with Gasteiger partial charge >= 0.3 is 0 Å². The molecule has 0 radical (unpaired) electrons. The van der Waals surface area contributed by atoms with Crippen molar-refractivity contribution in [2.24, 2.45) is 0 Å². The smallest absolute Gasteiger partial charge is 0.200 e. The maximum absolute atomic E-state index is 12.9. The Balaban J connectivity index is 2.02. The molecule has 0 N–H and O–H groups in total. The standard InChI is InChI=1S/C14H9ClF2O2/c15-10-3-1-2-9(6-10)14(18)8-19-11-4-5-12(16)13(17)7-11/h1-7H,8H2. The second-order valence-electron chi connectivity index (χ2n) is 3.80. The van der Waals surface area contributed by atoms with E-state index in [0.29, 0.717) is 10.6 Å². The maximum atomic E-state index is 12.9. The van der Waals surface area contributed by atoms with Gasteiger partial charge in [-0.3, -0.25) is 4.79 Å². The van der Waals surface area contributed by atoms with Crippen molar-refractivity contribution in [3.8, 4) is 5.75 Å². The minimum Gasteiger partial charge on any atom is -0.485 e. The van der Waals surface area contributed by atoms with Crippen molar-refractivity contribution in [3.05, 3.63) is 64.7 Å². The predicted molar refractivity (Wildman–Crippen MR) is 67.6 cm³/mol. The summed E-state index contributed by atoms with van der Waals surface area (Å²) in [6.45, 7) is -0.272. The van der Waals surface area contributed by atoms with Crippen LogP contribution < -0.4 is 4.74 Å². The van der Waals surface area contributed by atoms with Crippen LogP contribution in [0.4, 0.5) is 8.78 Å². The van der Waals surface area contributed by atoms with E-state index in [1.54, 1.807) is 18.2 Å². The summed E-state index contributed by atoms with van der Waals surface area (Å²) in [5.74, 6) is -2.19. The van der Waals surface area contributed by atoms with Crippen LogP contribution in [-0.2, 0) is 0 Å². The summed E-state index contributed by atoms with van der Waals surface area (Å²) in [7, 11) is 0. The molecule has 0 unspecified atom stereocenters. The second-order valence-corrected chi connectivity index (χ2v) is 4.23. The first-order valence-electron chi connectivity index (χ1n) is 5.43. The Morgan fingerprint density at radius 2 is 1.89 bits per heavy atom. The lowest BCUT2D eigenvalue weighted by molar-refractivity contribution is 0.0921. The Hall–Kier alpha value is -1.94. The van der Waals surface area contributed by atoms with E-state index in [9.17, 15) is 13.6 Å². The maximum Gasteiger partial charge on any atom is 0.200 e. The van der Waals surface area contributed by atoms with Gasteiger partial charge in [0.05, 0.1) is 0 Å². The van der Waals surface area contributed by atoms with Gasteiger partial charge in [-0.15, -0.1) is 0 Å². The average Bonchev–Trinajstić information content (AvgIpc) is 2.40. The summed E-state index contributed by atoms with van der Waals surface area (Å²) in [5.41, 5.74) is 0.398. The molecule has 0 bridgehead atoms. The lowest BCUT2D eigenvalue weighted by atomic mass is 10.1. The molecule has 2 aromatic rings. The van der Waals surface area contributed by atoms with E-state index in [0.717, 1.165) is 12.1 Å². The number of ether oxygens (including phenoxy) is 1. The van der Waals surface area contributed by atoms with Crippen molar-refractivity contribution < 1.29 is 18.3 Å². The minimum atomic E-state index is -1.02. The molecule has 0 atom stereocenters. The lowest BCUT2D eigenvalue weighted by Gasteiger charge is -2.06. The van der Waals surface area contributed by atoms with Crippen molar-refractivity contribution in [3.63, 3.8) is 0 Å². The van der Waals surface area contributed by atoms with Crippen molar-refractivity contribution in [1.29, 1.82) is 0 Å². The number of halogens is 3. The van der Waals surface area contributed by atoms with Crippen molar-refractivity contribution in [2.75, 3.05) is 6.61 Å². The number of ketones is 1. The molecule has 2 nitrogen and oxygen atoms in total. The Morgan fingerprint density at radius 1 is 1.11 bits per heavy atom. The van der Waals surface area contributed by atoms with E-state index in [1.807, 2.05) is 0 Å². The third kappa shape index (κ3) is 3.51. The zero-order valence-electron chi connectivity index (χ0n) is 9.70.